The Hall–Kier alpha value is -0.870. The van der Waals surface area contributed by atoms with Crippen LogP contribution in [0, 0.1) is 5.92 Å². The molecule has 0 fully saturated rings. The molecular formula is C15H29N3O. The fourth-order valence-electron chi connectivity index (χ4n) is 2.63. The monoisotopic (exact) mass is 267 g/mol. The molecule has 0 saturated heterocycles. The lowest BCUT2D eigenvalue weighted by Gasteiger charge is -2.28. The number of hydrogen-bond donors (Lipinski definition) is 1. The molecule has 0 spiro atoms. The quantitative estimate of drug-likeness (QED) is 0.785. The summed E-state index contributed by atoms with van der Waals surface area (Å²) in [6.45, 7) is 9.61. The molecule has 1 N–H and O–H groups in total. The van der Waals surface area contributed by atoms with Gasteiger partial charge in [-0.1, -0.05) is 20.8 Å². The third-order valence-electron chi connectivity index (χ3n) is 3.70. The van der Waals surface area contributed by atoms with Crippen molar-refractivity contribution in [3.05, 3.63) is 17.5 Å². The van der Waals surface area contributed by atoms with Gasteiger partial charge in [0.05, 0.1) is 11.8 Å². The molecule has 0 amide bonds. The van der Waals surface area contributed by atoms with Crippen LogP contribution < -0.4 is 5.32 Å². The molecule has 2 unspecified atom stereocenters. The molecule has 1 aromatic rings. The third kappa shape index (κ3) is 4.05. The summed E-state index contributed by atoms with van der Waals surface area (Å²) in [5.74, 6) is 0.492. The highest BCUT2D eigenvalue weighted by molar-refractivity contribution is 5.12. The topological polar surface area (TPSA) is 39.1 Å². The molecule has 0 aliphatic rings. The zero-order valence-electron chi connectivity index (χ0n) is 13.2. The van der Waals surface area contributed by atoms with Crippen LogP contribution in [0.4, 0.5) is 0 Å². The number of nitrogens with zero attached hydrogens (tertiary/aromatic N) is 2. The first kappa shape index (κ1) is 16.2. The van der Waals surface area contributed by atoms with Crippen LogP contribution >= 0.6 is 0 Å². The molecule has 2 atom stereocenters. The zero-order valence-corrected chi connectivity index (χ0v) is 13.2. The molecule has 4 heteroatoms. The van der Waals surface area contributed by atoms with Crippen molar-refractivity contribution >= 4 is 0 Å². The number of methoxy groups -OCH3 is 1. The summed E-state index contributed by atoms with van der Waals surface area (Å²) in [6.07, 6.45) is 2.16. The van der Waals surface area contributed by atoms with E-state index in [2.05, 4.69) is 48.9 Å². The van der Waals surface area contributed by atoms with Gasteiger partial charge in [0.25, 0.3) is 0 Å². The van der Waals surface area contributed by atoms with Gasteiger partial charge >= 0.3 is 0 Å². The van der Waals surface area contributed by atoms with E-state index in [0.29, 0.717) is 12.0 Å². The number of ether oxygens (including phenoxy) is 1. The van der Waals surface area contributed by atoms with Crippen LogP contribution in [0.25, 0.3) is 0 Å². The minimum atomic E-state index is 0.218. The number of hydrogen-bond acceptors (Lipinski definition) is 3. The van der Waals surface area contributed by atoms with E-state index in [1.807, 2.05) is 7.05 Å². The number of likely N-dealkylation sites (N-methyl/N-ethyl adjacent to an activating group) is 1. The maximum atomic E-state index is 5.65. The molecule has 0 radical (unpaired) electrons. The third-order valence-corrected chi connectivity index (χ3v) is 3.70. The number of aryl methyl sites for hydroxylation is 2. The molecule has 0 aromatic carbocycles. The van der Waals surface area contributed by atoms with Gasteiger partial charge in [-0.3, -0.25) is 4.68 Å². The fraction of sp³-hybridized carbons (Fsp3) is 0.800. The van der Waals surface area contributed by atoms with Crippen molar-refractivity contribution < 1.29 is 4.74 Å². The lowest BCUT2D eigenvalue weighted by Crippen LogP contribution is -2.43. The summed E-state index contributed by atoms with van der Waals surface area (Å²) < 4.78 is 7.76. The highest BCUT2D eigenvalue weighted by Crippen LogP contribution is 2.16. The van der Waals surface area contributed by atoms with Crippen LogP contribution in [0.5, 0.6) is 0 Å². The second-order valence-corrected chi connectivity index (χ2v) is 5.34. The highest BCUT2D eigenvalue weighted by Gasteiger charge is 2.24. The predicted molar refractivity (Wildman–Crippen MR) is 79.5 cm³/mol. The van der Waals surface area contributed by atoms with Gasteiger partial charge in [0.2, 0.25) is 0 Å². The molecule has 1 rings (SSSR count). The van der Waals surface area contributed by atoms with Gasteiger partial charge < -0.3 is 10.1 Å². The van der Waals surface area contributed by atoms with Crippen LogP contribution in [0.1, 0.15) is 39.1 Å². The van der Waals surface area contributed by atoms with E-state index in [4.69, 9.17) is 4.74 Å². The van der Waals surface area contributed by atoms with E-state index in [0.717, 1.165) is 19.4 Å². The van der Waals surface area contributed by atoms with Crippen molar-refractivity contribution in [2.75, 3.05) is 14.2 Å². The Balaban J connectivity index is 2.88. The maximum absolute atomic E-state index is 5.65. The first-order chi connectivity index (χ1) is 9.07. The van der Waals surface area contributed by atoms with Crippen molar-refractivity contribution in [1.82, 2.24) is 15.1 Å². The molecule has 0 bridgehead atoms. The van der Waals surface area contributed by atoms with Gasteiger partial charge in [0.15, 0.2) is 0 Å². The van der Waals surface area contributed by atoms with Crippen molar-refractivity contribution in [3.8, 4) is 0 Å². The Kier molecular flexibility index (Phi) is 6.52. The van der Waals surface area contributed by atoms with E-state index in [-0.39, 0.29) is 6.10 Å². The SMILES string of the molecule is CCc1cc(CC(NC)C(OC)C(C)C)n(CC)n1. The van der Waals surface area contributed by atoms with Crippen molar-refractivity contribution in [2.24, 2.45) is 5.92 Å². The predicted octanol–water partition coefficient (Wildman–Crippen LogP) is 2.27. The minimum absolute atomic E-state index is 0.218. The average molecular weight is 267 g/mol. The van der Waals surface area contributed by atoms with Gasteiger partial charge in [-0.2, -0.15) is 5.10 Å². The molecule has 110 valence electrons. The van der Waals surface area contributed by atoms with Gasteiger partial charge in [-0.05, 0) is 32.4 Å². The maximum Gasteiger partial charge on any atom is 0.0750 e. The van der Waals surface area contributed by atoms with Crippen molar-refractivity contribution in [3.63, 3.8) is 0 Å². The minimum Gasteiger partial charge on any atom is -0.380 e. The van der Waals surface area contributed by atoms with E-state index in [9.17, 15) is 0 Å². The molecule has 19 heavy (non-hydrogen) atoms. The summed E-state index contributed by atoms with van der Waals surface area (Å²) in [5, 5.41) is 8.01. The molecule has 0 aliphatic carbocycles. The second kappa shape index (κ2) is 7.65. The summed E-state index contributed by atoms with van der Waals surface area (Å²) in [5.41, 5.74) is 2.46. The first-order valence-corrected chi connectivity index (χ1v) is 7.32. The molecule has 0 saturated carbocycles. The van der Waals surface area contributed by atoms with Gasteiger partial charge in [0, 0.05) is 31.8 Å². The smallest absolute Gasteiger partial charge is 0.0750 e. The number of rotatable bonds is 8. The normalized spacial score (nSPS) is 14.9. The first-order valence-electron chi connectivity index (χ1n) is 7.32. The molecule has 1 aromatic heterocycles. The van der Waals surface area contributed by atoms with Gasteiger partial charge in [0.1, 0.15) is 0 Å². The summed E-state index contributed by atoms with van der Waals surface area (Å²) >= 11 is 0. The van der Waals surface area contributed by atoms with Crippen LogP contribution in [-0.2, 0) is 24.1 Å². The Labute approximate surface area is 117 Å². The zero-order chi connectivity index (χ0) is 14.4. The van der Waals surface area contributed by atoms with Crippen LogP contribution in [-0.4, -0.2) is 36.1 Å². The molecule has 1 heterocycles. The lowest BCUT2D eigenvalue weighted by molar-refractivity contribution is 0.0348. The summed E-state index contributed by atoms with van der Waals surface area (Å²) in [6, 6.07) is 2.54. The summed E-state index contributed by atoms with van der Waals surface area (Å²) in [4.78, 5) is 0. The van der Waals surface area contributed by atoms with Crippen LogP contribution in [0.3, 0.4) is 0 Å². The highest BCUT2D eigenvalue weighted by atomic mass is 16.5. The Bertz CT molecular complexity index is 373. The fourth-order valence-corrected chi connectivity index (χ4v) is 2.63. The Morgan fingerprint density at radius 1 is 1.37 bits per heavy atom. The summed E-state index contributed by atoms with van der Waals surface area (Å²) in [7, 11) is 3.80. The van der Waals surface area contributed by atoms with E-state index >= 15 is 0 Å². The van der Waals surface area contributed by atoms with Gasteiger partial charge in [-0.15, -0.1) is 0 Å². The van der Waals surface area contributed by atoms with Gasteiger partial charge in [-0.25, -0.2) is 0 Å². The van der Waals surface area contributed by atoms with Crippen LogP contribution in [0.15, 0.2) is 6.07 Å². The standard InChI is InChI=1S/C15H29N3O/c1-7-12-9-13(18(8-2)17-12)10-14(16-5)15(19-6)11(3)4/h9,11,14-16H,7-8,10H2,1-6H3. The van der Waals surface area contributed by atoms with E-state index in [1.54, 1.807) is 7.11 Å². The molecule has 4 nitrogen and oxygen atoms in total. The largest absolute Gasteiger partial charge is 0.380 e. The molecular weight excluding hydrogens is 238 g/mol. The average Bonchev–Trinajstić information content (AvgIpc) is 2.80. The van der Waals surface area contributed by atoms with E-state index < -0.39 is 0 Å². The lowest BCUT2D eigenvalue weighted by atomic mass is 9.95. The van der Waals surface area contributed by atoms with Crippen molar-refractivity contribution in [2.45, 2.75) is 59.2 Å². The van der Waals surface area contributed by atoms with Crippen LogP contribution in [0.2, 0.25) is 0 Å². The number of aromatic nitrogens is 2. The second-order valence-electron chi connectivity index (χ2n) is 5.34. The Morgan fingerprint density at radius 3 is 2.47 bits per heavy atom. The number of nitrogens with one attached hydrogen (secondary N) is 1. The Morgan fingerprint density at radius 2 is 2.05 bits per heavy atom. The van der Waals surface area contributed by atoms with E-state index in [1.165, 1.54) is 11.4 Å². The van der Waals surface area contributed by atoms with Crippen molar-refractivity contribution in [1.29, 1.82) is 0 Å². The molecule has 0 aliphatic heterocycles.